The van der Waals surface area contributed by atoms with E-state index in [1.54, 1.807) is 17.8 Å². The fourth-order valence-electron chi connectivity index (χ4n) is 2.96. The molecule has 0 unspecified atom stereocenters. The summed E-state index contributed by atoms with van der Waals surface area (Å²) in [5, 5.41) is 13.7. The van der Waals surface area contributed by atoms with Gasteiger partial charge in [-0.15, -0.1) is 0 Å². The molecule has 2 N–H and O–H groups in total. The third-order valence-electron chi connectivity index (χ3n) is 4.69. The molecule has 1 aliphatic carbocycles. The van der Waals surface area contributed by atoms with E-state index in [0.29, 0.717) is 24.4 Å². The van der Waals surface area contributed by atoms with Gasteiger partial charge in [-0.3, -0.25) is 4.79 Å². The number of aliphatic hydroxyl groups is 1. The lowest BCUT2D eigenvalue weighted by Crippen LogP contribution is -2.50. The summed E-state index contributed by atoms with van der Waals surface area (Å²) in [5.74, 6) is 0.956. The zero-order valence-corrected chi connectivity index (χ0v) is 13.8. The predicted molar refractivity (Wildman–Crippen MR) is 86.8 cm³/mol. The zero-order chi connectivity index (χ0) is 15.8. The molecular formula is C16H19ClFNO2S. The van der Waals surface area contributed by atoms with Gasteiger partial charge in [0, 0.05) is 17.0 Å². The smallest absolute Gasteiger partial charge is 0.252 e. The Bertz CT molecular complexity index is 586. The maximum absolute atomic E-state index is 13.2. The summed E-state index contributed by atoms with van der Waals surface area (Å²) in [4.78, 5) is 12.3. The van der Waals surface area contributed by atoms with Crippen LogP contribution >= 0.6 is 23.4 Å². The number of nitrogens with one attached hydrogen (secondary N) is 1. The van der Waals surface area contributed by atoms with E-state index in [1.807, 2.05) is 0 Å². The number of amides is 1. The van der Waals surface area contributed by atoms with Gasteiger partial charge in [-0.2, -0.15) is 11.8 Å². The molecule has 3 nitrogen and oxygen atoms in total. The number of halogens is 2. The van der Waals surface area contributed by atoms with Crippen molar-refractivity contribution in [3.8, 4) is 0 Å². The molecule has 0 radical (unpaired) electrons. The molecule has 1 aliphatic heterocycles. The van der Waals surface area contributed by atoms with E-state index in [-0.39, 0.29) is 17.1 Å². The molecule has 3 rings (SSSR count). The Morgan fingerprint density at radius 1 is 1.32 bits per heavy atom. The fourth-order valence-corrected chi connectivity index (χ4v) is 4.50. The first-order chi connectivity index (χ1) is 10.5. The van der Waals surface area contributed by atoms with Crippen LogP contribution in [0.5, 0.6) is 0 Å². The first-order valence-corrected chi connectivity index (χ1v) is 9.03. The molecule has 120 valence electrons. The zero-order valence-electron chi connectivity index (χ0n) is 12.2. The summed E-state index contributed by atoms with van der Waals surface area (Å²) in [5.41, 5.74) is -0.573. The summed E-state index contributed by atoms with van der Waals surface area (Å²) in [6, 6.07) is 4.41. The number of thioether (sulfide) groups is 1. The van der Waals surface area contributed by atoms with Crippen molar-refractivity contribution in [3.05, 3.63) is 34.6 Å². The van der Waals surface area contributed by atoms with E-state index in [1.165, 1.54) is 12.1 Å². The van der Waals surface area contributed by atoms with E-state index in [9.17, 15) is 14.3 Å². The van der Waals surface area contributed by atoms with Crippen LogP contribution in [-0.2, 0) is 10.2 Å². The number of rotatable bonds is 4. The van der Waals surface area contributed by atoms with Crippen LogP contribution in [0.25, 0.3) is 0 Å². The van der Waals surface area contributed by atoms with E-state index in [2.05, 4.69) is 5.32 Å². The Hall–Kier alpha value is -0.780. The van der Waals surface area contributed by atoms with Gasteiger partial charge in [-0.05, 0) is 54.9 Å². The molecule has 1 aromatic rings. The molecular weight excluding hydrogens is 325 g/mol. The van der Waals surface area contributed by atoms with Gasteiger partial charge in [0.15, 0.2) is 0 Å². The highest BCUT2D eigenvalue weighted by Gasteiger charge is 2.47. The number of carbonyl (C=O) groups is 1. The third-order valence-corrected chi connectivity index (χ3v) is 5.98. The molecule has 0 bridgehead atoms. The molecule has 1 aromatic carbocycles. The Morgan fingerprint density at radius 3 is 2.59 bits per heavy atom. The van der Waals surface area contributed by atoms with Gasteiger partial charge in [0.2, 0.25) is 0 Å². The minimum Gasteiger partial charge on any atom is -0.380 e. The standard InChI is InChI=1S/C16H19ClFNO2S/c17-13-9-11(18)1-2-12(13)15(3-4-15)10-19-14(20)16(21)5-7-22-8-6-16/h1-2,9,21H,3-8,10H2,(H,19,20). The summed E-state index contributed by atoms with van der Waals surface area (Å²) in [7, 11) is 0. The molecule has 1 amide bonds. The van der Waals surface area contributed by atoms with Gasteiger partial charge in [-0.25, -0.2) is 4.39 Å². The van der Waals surface area contributed by atoms with Gasteiger partial charge in [0.05, 0.1) is 0 Å². The minimum atomic E-state index is -1.24. The Kier molecular flexibility index (Phi) is 4.40. The summed E-state index contributed by atoms with van der Waals surface area (Å²) in [6.45, 7) is 0.437. The molecule has 0 aromatic heterocycles. The number of hydrogen-bond acceptors (Lipinski definition) is 3. The number of benzene rings is 1. The van der Waals surface area contributed by atoms with Crippen LogP contribution in [0.4, 0.5) is 4.39 Å². The summed E-state index contributed by atoms with van der Waals surface area (Å²) >= 11 is 7.90. The van der Waals surface area contributed by atoms with Gasteiger partial charge in [-0.1, -0.05) is 17.7 Å². The second-order valence-corrected chi connectivity index (χ2v) is 7.86. The van der Waals surface area contributed by atoms with Crippen LogP contribution in [0.1, 0.15) is 31.2 Å². The molecule has 22 heavy (non-hydrogen) atoms. The SMILES string of the molecule is O=C(NCC1(c2ccc(F)cc2Cl)CC1)C1(O)CCSCC1. The highest BCUT2D eigenvalue weighted by Crippen LogP contribution is 2.50. The average Bonchev–Trinajstić information content (AvgIpc) is 3.26. The molecule has 1 heterocycles. The van der Waals surface area contributed by atoms with E-state index < -0.39 is 5.60 Å². The topological polar surface area (TPSA) is 49.3 Å². The van der Waals surface area contributed by atoms with Crippen molar-refractivity contribution in [1.29, 1.82) is 0 Å². The first kappa shape index (κ1) is 16.1. The largest absolute Gasteiger partial charge is 0.380 e. The molecule has 6 heteroatoms. The molecule has 2 aliphatic rings. The number of carbonyl (C=O) groups excluding carboxylic acids is 1. The van der Waals surface area contributed by atoms with Crippen LogP contribution in [0.2, 0.25) is 5.02 Å². The minimum absolute atomic E-state index is 0.208. The van der Waals surface area contributed by atoms with E-state index >= 15 is 0 Å². The van der Waals surface area contributed by atoms with Gasteiger partial charge >= 0.3 is 0 Å². The fraction of sp³-hybridized carbons (Fsp3) is 0.562. The van der Waals surface area contributed by atoms with Crippen molar-refractivity contribution in [2.75, 3.05) is 18.1 Å². The lowest BCUT2D eigenvalue weighted by atomic mass is 9.93. The van der Waals surface area contributed by atoms with E-state index in [0.717, 1.165) is 29.9 Å². The van der Waals surface area contributed by atoms with Crippen LogP contribution in [-0.4, -0.2) is 34.7 Å². The monoisotopic (exact) mass is 343 g/mol. The van der Waals surface area contributed by atoms with Crippen molar-refractivity contribution in [3.63, 3.8) is 0 Å². The highest BCUT2D eigenvalue weighted by molar-refractivity contribution is 7.99. The van der Waals surface area contributed by atoms with Gasteiger partial charge in [0.1, 0.15) is 11.4 Å². The second kappa shape index (κ2) is 6.02. The third kappa shape index (κ3) is 3.12. The maximum atomic E-state index is 13.2. The van der Waals surface area contributed by atoms with Crippen molar-refractivity contribution in [2.45, 2.75) is 36.7 Å². The Labute approximate surface area is 138 Å². The van der Waals surface area contributed by atoms with Crippen molar-refractivity contribution in [1.82, 2.24) is 5.32 Å². The van der Waals surface area contributed by atoms with Gasteiger partial charge in [0.25, 0.3) is 5.91 Å². The molecule has 0 atom stereocenters. The average molecular weight is 344 g/mol. The van der Waals surface area contributed by atoms with Crippen molar-refractivity contribution in [2.24, 2.45) is 0 Å². The normalized spacial score (nSPS) is 22.1. The maximum Gasteiger partial charge on any atom is 0.252 e. The van der Waals surface area contributed by atoms with Crippen LogP contribution in [0, 0.1) is 5.82 Å². The van der Waals surface area contributed by atoms with Crippen LogP contribution < -0.4 is 5.32 Å². The van der Waals surface area contributed by atoms with Crippen molar-refractivity contribution < 1.29 is 14.3 Å². The Balaban J connectivity index is 1.67. The summed E-state index contributed by atoms with van der Waals surface area (Å²) in [6.07, 6.45) is 2.81. The molecule has 2 fully saturated rings. The predicted octanol–water partition coefficient (Wildman–Crippen LogP) is 2.89. The lowest BCUT2D eigenvalue weighted by Gasteiger charge is -2.31. The second-order valence-electron chi connectivity index (χ2n) is 6.23. The van der Waals surface area contributed by atoms with Crippen LogP contribution in [0.3, 0.4) is 0 Å². The molecule has 1 saturated heterocycles. The quantitative estimate of drug-likeness (QED) is 0.883. The van der Waals surface area contributed by atoms with Gasteiger partial charge < -0.3 is 10.4 Å². The van der Waals surface area contributed by atoms with E-state index in [4.69, 9.17) is 11.6 Å². The van der Waals surface area contributed by atoms with Crippen molar-refractivity contribution >= 4 is 29.3 Å². The lowest BCUT2D eigenvalue weighted by molar-refractivity contribution is -0.140. The first-order valence-electron chi connectivity index (χ1n) is 7.49. The highest BCUT2D eigenvalue weighted by atomic mass is 35.5. The summed E-state index contributed by atoms with van der Waals surface area (Å²) < 4.78 is 13.2. The Morgan fingerprint density at radius 2 is 2.00 bits per heavy atom. The molecule has 0 spiro atoms. The molecule has 1 saturated carbocycles. The van der Waals surface area contributed by atoms with Crippen LogP contribution in [0.15, 0.2) is 18.2 Å². The number of hydrogen-bond donors (Lipinski definition) is 2.